The van der Waals surface area contributed by atoms with Gasteiger partial charge in [0.2, 0.25) is 0 Å². The maximum absolute atomic E-state index is 14.1. The van der Waals surface area contributed by atoms with E-state index in [-0.39, 0.29) is 5.82 Å². The highest BCUT2D eigenvalue weighted by molar-refractivity contribution is 5.30. The average Bonchev–Trinajstić information content (AvgIpc) is 2.39. The number of hydrogen-bond acceptors (Lipinski definition) is 3. The average molecular weight is 268 g/mol. The lowest BCUT2D eigenvalue weighted by Gasteiger charge is -2.22. The summed E-state index contributed by atoms with van der Waals surface area (Å²) in [6.07, 6.45) is 0. The molecule has 0 aromatic heterocycles. The van der Waals surface area contributed by atoms with Crippen molar-refractivity contribution in [2.45, 2.75) is 33.4 Å². The molecule has 3 nitrogen and oxygen atoms in total. The summed E-state index contributed by atoms with van der Waals surface area (Å²) in [6.45, 7) is 9.67. The van der Waals surface area contributed by atoms with Crippen LogP contribution in [0.5, 0.6) is 5.75 Å². The Kier molecular flexibility index (Phi) is 6.81. The first kappa shape index (κ1) is 15.9. The molecule has 0 saturated heterocycles. The van der Waals surface area contributed by atoms with Crippen molar-refractivity contribution in [3.8, 4) is 5.75 Å². The van der Waals surface area contributed by atoms with Gasteiger partial charge in [0.1, 0.15) is 0 Å². The van der Waals surface area contributed by atoms with E-state index in [2.05, 4.69) is 31.0 Å². The fraction of sp³-hybridized carbons (Fsp3) is 0.600. The third-order valence-corrected chi connectivity index (χ3v) is 3.08. The normalized spacial score (nSPS) is 11.3. The molecule has 0 bridgehead atoms. The van der Waals surface area contributed by atoms with Crippen LogP contribution in [0.1, 0.15) is 26.3 Å². The molecule has 0 aliphatic heterocycles. The lowest BCUT2D eigenvalue weighted by molar-refractivity contribution is 0.270. The summed E-state index contributed by atoms with van der Waals surface area (Å²) in [5.41, 5.74) is 0.686. The second kappa shape index (κ2) is 8.12. The zero-order valence-electron chi connectivity index (χ0n) is 12.4. The van der Waals surface area contributed by atoms with Gasteiger partial charge in [-0.15, -0.1) is 0 Å². The minimum absolute atomic E-state index is 0.250. The topological polar surface area (TPSA) is 24.5 Å². The molecule has 0 radical (unpaired) electrons. The van der Waals surface area contributed by atoms with E-state index in [0.29, 0.717) is 23.9 Å². The second-order valence-electron chi connectivity index (χ2n) is 4.91. The van der Waals surface area contributed by atoms with Gasteiger partial charge in [0.15, 0.2) is 11.6 Å². The van der Waals surface area contributed by atoms with Crippen molar-refractivity contribution >= 4 is 0 Å². The Morgan fingerprint density at radius 2 is 2.11 bits per heavy atom. The molecule has 1 aromatic rings. The third kappa shape index (κ3) is 5.17. The van der Waals surface area contributed by atoms with Gasteiger partial charge in [0.05, 0.1) is 7.11 Å². The fourth-order valence-corrected chi connectivity index (χ4v) is 1.94. The molecule has 1 N–H and O–H groups in total. The Morgan fingerprint density at radius 1 is 1.37 bits per heavy atom. The van der Waals surface area contributed by atoms with Crippen LogP contribution in [0, 0.1) is 5.82 Å². The lowest BCUT2D eigenvalue weighted by Crippen LogP contribution is -2.34. The quantitative estimate of drug-likeness (QED) is 0.784. The molecular weight excluding hydrogens is 243 g/mol. The van der Waals surface area contributed by atoms with Crippen molar-refractivity contribution in [1.29, 1.82) is 0 Å². The summed E-state index contributed by atoms with van der Waals surface area (Å²) in [5, 5.41) is 3.37. The number of ether oxygens (including phenoxy) is 1. The van der Waals surface area contributed by atoms with Gasteiger partial charge in [-0.05, 0) is 12.6 Å². The highest BCUT2D eigenvalue weighted by Crippen LogP contribution is 2.20. The molecule has 1 aromatic carbocycles. The zero-order chi connectivity index (χ0) is 14.3. The van der Waals surface area contributed by atoms with Gasteiger partial charge in [-0.3, -0.25) is 4.90 Å². The van der Waals surface area contributed by atoms with E-state index in [1.165, 1.54) is 7.11 Å². The predicted molar refractivity (Wildman–Crippen MR) is 77.0 cm³/mol. The van der Waals surface area contributed by atoms with E-state index in [1.54, 1.807) is 6.07 Å². The lowest BCUT2D eigenvalue weighted by atomic mass is 10.2. The van der Waals surface area contributed by atoms with Crippen LogP contribution in [0.3, 0.4) is 0 Å². The molecule has 0 saturated carbocycles. The maximum atomic E-state index is 14.1. The molecule has 4 heteroatoms. The number of nitrogens with one attached hydrogen (secondary N) is 1. The Bertz CT molecular complexity index is 382. The van der Waals surface area contributed by atoms with Crippen LogP contribution in [0.25, 0.3) is 0 Å². The zero-order valence-corrected chi connectivity index (χ0v) is 12.4. The molecule has 0 fully saturated rings. The Hall–Kier alpha value is -1.13. The van der Waals surface area contributed by atoms with Crippen molar-refractivity contribution < 1.29 is 9.13 Å². The molecule has 0 aliphatic carbocycles. The molecule has 0 spiro atoms. The van der Waals surface area contributed by atoms with Gasteiger partial charge in [0, 0.05) is 31.2 Å². The molecule has 0 heterocycles. The Morgan fingerprint density at radius 3 is 2.68 bits per heavy atom. The minimum Gasteiger partial charge on any atom is -0.494 e. The van der Waals surface area contributed by atoms with Crippen molar-refractivity contribution in [1.82, 2.24) is 10.2 Å². The molecule has 108 valence electrons. The van der Waals surface area contributed by atoms with Crippen LogP contribution >= 0.6 is 0 Å². The van der Waals surface area contributed by atoms with Crippen LogP contribution in [-0.2, 0) is 6.54 Å². The fourth-order valence-electron chi connectivity index (χ4n) is 1.94. The molecule has 0 unspecified atom stereocenters. The van der Waals surface area contributed by atoms with E-state index >= 15 is 0 Å². The standard InChI is InChI=1S/C15H25FN2O/c1-5-18(10-9-17-12(2)3)11-13-7-6-8-14(19-4)15(13)16/h6-8,12,17H,5,9-11H2,1-4H3. The smallest absolute Gasteiger partial charge is 0.169 e. The van der Waals surface area contributed by atoms with Crippen LogP contribution in [0.15, 0.2) is 18.2 Å². The number of likely N-dealkylation sites (N-methyl/N-ethyl adjacent to an activating group) is 1. The van der Waals surface area contributed by atoms with Crippen molar-refractivity contribution in [2.24, 2.45) is 0 Å². The van der Waals surface area contributed by atoms with E-state index < -0.39 is 0 Å². The number of hydrogen-bond donors (Lipinski definition) is 1. The molecule has 1 rings (SSSR count). The van der Waals surface area contributed by atoms with Gasteiger partial charge in [-0.1, -0.05) is 32.9 Å². The first-order chi connectivity index (χ1) is 9.08. The highest BCUT2D eigenvalue weighted by atomic mass is 19.1. The maximum Gasteiger partial charge on any atom is 0.169 e. The third-order valence-electron chi connectivity index (χ3n) is 3.08. The number of nitrogens with zero attached hydrogens (tertiary/aromatic N) is 1. The van der Waals surface area contributed by atoms with Crippen molar-refractivity contribution in [3.63, 3.8) is 0 Å². The second-order valence-corrected chi connectivity index (χ2v) is 4.91. The van der Waals surface area contributed by atoms with Gasteiger partial charge >= 0.3 is 0 Å². The first-order valence-electron chi connectivity index (χ1n) is 6.85. The first-order valence-corrected chi connectivity index (χ1v) is 6.85. The Balaban J connectivity index is 2.60. The summed E-state index contributed by atoms with van der Waals surface area (Å²) < 4.78 is 19.1. The monoisotopic (exact) mass is 268 g/mol. The van der Waals surface area contributed by atoms with Crippen molar-refractivity contribution in [2.75, 3.05) is 26.7 Å². The number of halogens is 1. The molecule has 0 amide bonds. The number of rotatable bonds is 8. The summed E-state index contributed by atoms with van der Waals surface area (Å²) in [7, 11) is 1.49. The van der Waals surface area contributed by atoms with Gasteiger partial charge in [-0.2, -0.15) is 0 Å². The SMILES string of the molecule is CCN(CCNC(C)C)Cc1cccc(OC)c1F. The van der Waals surface area contributed by atoms with Crippen LogP contribution in [0.4, 0.5) is 4.39 Å². The molecule has 0 aliphatic rings. The molecule has 19 heavy (non-hydrogen) atoms. The van der Waals surface area contributed by atoms with E-state index in [1.807, 2.05) is 12.1 Å². The number of methoxy groups -OCH3 is 1. The van der Waals surface area contributed by atoms with E-state index in [9.17, 15) is 4.39 Å². The Labute approximate surface area is 115 Å². The largest absolute Gasteiger partial charge is 0.494 e. The van der Waals surface area contributed by atoms with Gasteiger partial charge in [-0.25, -0.2) is 4.39 Å². The van der Waals surface area contributed by atoms with Crippen LogP contribution < -0.4 is 10.1 Å². The van der Waals surface area contributed by atoms with E-state index in [0.717, 1.165) is 19.6 Å². The van der Waals surface area contributed by atoms with E-state index in [4.69, 9.17) is 4.74 Å². The minimum atomic E-state index is -0.250. The summed E-state index contributed by atoms with van der Waals surface area (Å²) >= 11 is 0. The van der Waals surface area contributed by atoms with Crippen molar-refractivity contribution in [3.05, 3.63) is 29.6 Å². The highest BCUT2D eigenvalue weighted by Gasteiger charge is 2.11. The van der Waals surface area contributed by atoms with Gasteiger partial charge < -0.3 is 10.1 Å². The summed E-state index contributed by atoms with van der Waals surface area (Å²) in [5.74, 6) is 0.0640. The summed E-state index contributed by atoms with van der Waals surface area (Å²) in [6, 6.07) is 5.77. The van der Waals surface area contributed by atoms with Crippen LogP contribution in [-0.4, -0.2) is 37.7 Å². The molecule has 0 atom stereocenters. The predicted octanol–water partition coefficient (Wildman–Crippen LogP) is 2.65. The summed E-state index contributed by atoms with van der Waals surface area (Å²) in [4.78, 5) is 2.22. The molecular formula is C15H25FN2O. The number of benzene rings is 1. The van der Waals surface area contributed by atoms with Crippen LogP contribution in [0.2, 0.25) is 0 Å². The van der Waals surface area contributed by atoms with Gasteiger partial charge in [0.25, 0.3) is 0 Å².